The summed E-state index contributed by atoms with van der Waals surface area (Å²) in [7, 11) is 0. The van der Waals surface area contributed by atoms with Crippen LogP contribution < -0.4 is 10.5 Å². The van der Waals surface area contributed by atoms with E-state index >= 15 is 0 Å². The fourth-order valence-corrected chi connectivity index (χ4v) is 2.71. The molecule has 106 valence electrons. The van der Waals surface area contributed by atoms with Crippen LogP contribution >= 0.6 is 0 Å². The van der Waals surface area contributed by atoms with Gasteiger partial charge in [0.25, 0.3) is 0 Å². The molecule has 1 saturated carbocycles. The van der Waals surface area contributed by atoms with Crippen LogP contribution in [0.3, 0.4) is 0 Å². The maximum Gasteiger partial charge on any atom is 0.126 e. The van der Waals surface area contributed by atoms with Gasteiger partial charge >= 0.3 is 0 Å². The number of benzene rings is 1. The minimum Gasteiger partial charge on any atom is -0.493 e. The Bertz CT molecular complexity index is 425. The molecule has 19 heavy (non-hydrogen) atoms. The van der Waals surface area contributed by atoms with Crippen LogP contribution in [0.2, 0.25) is 0 Å². The first-order chi connectivity index (χ1) is 9.08. The lowest BCUT2D eigenvalue weighted by molar-refractivity contribution is 0.206. The smallest absolute Gasteiger partial charge is 0.126 e. The average Bonchev–Trinajstić information content (AvgIpc) is 2.40. The predicted molar refractivity (Wildman–Crippen MR) is 75.8 cm³/mol. The number of hydrogen-bond acceptors (Lipinski definition) is 2. The van der Waals surface area contributed by atoms with Crippen molar-refractivity contribution in [3.63, 3.8) is 0 Å². The molecule has 0 aromatic heterocycles. The fraction of sp³-hybridized carbons (Fsp3) is 0.625. The SMILES string of the molecule is Cc1cc(OCC2CCCCC2)c([C@H](C)N)cc1F. The molecule has 1 aliphatic rings. The van der Waals surface area contributed by atoms with Gasteiger partial charge < -0.3 is 10.5 Å². The first kappa shape index (κ1) is 14.3. The van der Waals surface area contributed by atoms with E-state index in [-0.39, 0.29) is 11.9 Å². The van der Waals surface area contributed by atoms with E-state index in [1.54, 1.807) is 13.0 Å². The molecule has 0 aliphatic heterocycles. The van der Waals surface area contributed by atoms with Gasteiger partial charge in [-0.05, 0) is 50.3 Å². The predicted octanol–water partition coefficient (Wildman–Crippen LogP) is 4.11. The Kier molecular flexibility index (Phi) is 4.81. The molecule has 2 N–H and O–H groups in total. The molecule has 1 fully saturated rings. The normalized spacial score (nSPS) is 18.3. The highest BCUT2D eigenvalue weighted by Crippen LogP contribution is 2.29. The highest BCUT2D eigenvalue weighted by molar-refractivity contribution is 5.39. The van der Waals surface area contributed by atoms with E-state index < -0.39 is 0 Å². The summed E-state index contributed by atoms with van der Waals surface area (Å²) < 4.78 is 19.5. The summed E-state index contributed by atoms with van der Waals surface area (Å²) in [6.07, 6.45) is 6.44. The quantitative estimate of drug-likeness (QED) is 0.889. The molecule has 1 aromatic carbocycles. The zero-order valence-electron chi connectivity index (χ0n) is 11.9. The lowest BCUT2D eigenvalue weighted by Crippen LogP contribution is -2.17. The Morgan fingerprint density at radius 3 is 2.63 bits per heavy atom. The summed E-state index contributed by atoms with van der Waals surface area (Å²) in [6.45, 7) is 4.34. The van der Waals surface area contributed by atoms with Gasteiger partial charge in [-0.15, -0.1) is 0 Å². The van der Waals surface area contributed by atoms with Crippen molar-refractivity contribution in [2.24, 2.45) is 11.7 Å². The molecule has 1 aromatic rings. The number of aryl methyl sites for hydroxylation is 1. The second kappa shape index (κ2) is 6.38. The van der Waals surface area contributed by atoms with Gasteiger partial charge in [0, 0.05) is 11.6 Å². The van der Waals surface area contributed by atoms with E-state index in [0.29, 0.717) is 11.5 Å². The minimum absolute atomic E-state index is 0.211. The third-order valence-corrected chi connectivity index (χ3v) is 3.98. The Balaban J connectivity index is 2.07. The van der Waals surface area contributed by atoms with Crippen molar-refractivity contribution < 1.29 is 9.13 Å². The molecule has 1 aliphatic carbocycles. The summed E-state index contributed by atoms with van der Waals surface area (Å²) in [5.41, 5.74) is 7.27. The molecule has 1 atom stereocenters. The van der Waals surface area contributed by atoms with Crippen molar-refractivity contribution in [3.05, 3.63) is 29.1 Å². The maximum atomic E-state index is 13.6. The van der Waals surface area contributed by atoms with Crippen LogP contribution in [0.4, 0.5) is 4.39 Å². The van der Waals surface area contributed by atoms with E-state index in [1.165, 1.54) is 38.2 Å². The number of rotatable bonds is 4. The lowest BCUT2D eigenvalue weighted by Gasteiger charge is -2.23. The fourth-order valence-electron chi connectivity index (χ4n) is 2.71. The molecular weight excluding hydrogens is 241 g/mol. The zero-order valence-corrected chi connectivity index (χ0v) is 11.9. The molecular formula is C16H24FNO. The van der Waals surface area contributed by atoms with Gasteiger partial charge in [-0.3, -0.25) is 0 Å². The van der Waals surface area contributed by atoms with Crippen LogP contribution in [0, 0.1) is 18.7 Å². The molecule has 0 heterocycles. The van der Waals surface area contributed by atoms with Gasteiger partial charge in [-0.1, -0.05) is 19.3 Å². The van der Waals surface area contributed by atoms with Crippen molar-refractivity contribution >= 4 is 0 Å². The van der Waals surface area contributed by atoms with Gasteiger partial charge in [-0.25, -0.2) is 4.39 Å². The Morgan fingerprint density at radius 2 is 2.00 bits per heavy atom. The van der Waals surface area contributed by atoms with E-state index in [9.17, 15) is 4.39 Å². The molecule has 0 radical (unpaired) electrons. The summed E-state index contributed by atoms with van der Waals surface area (Å²) in [5.74, 6) is 1.18. The summed E-state index contributed by atoms with van der Waals surface area (Å²) in [6, 6.07) is 3.07. The van der Waals surface area contributed by atoms with Crippen LogP contribution in [-0.2, 0) is 0 Å². The summed E-state index contributed by atoms with van der Waals surface area (Å²) in [4.78, 5) is 0. The van der Waals surface area contributed by atoms with Crippen LogP contribution in [0.25, 0.3) is 0 Å². The molecule has 3 heteroatoms. The molecule has 0 saturated heterocycles. The Hall–Kier alpha value is -1.09. The summed E-state index contributed by atoms with van der Waals surface area (Å²) >= 11 is 0. The third-order valence-electron chi connectivity index (χ3n) is 3.98. The number of nitrogens with two attached hydrogens (primary N) is 1. The Labute approximate surface area is 115 Å². The second-order valence-corrected chi connectivity index (χ2v) is 5.74. The second-order valence-electron chi connectivity index (χ2n) is 5.74. The van der Waals surface area contributed by atoms with Gasteiger partial charge in [0.2, 0.25) is 0 Å². The topological polar surface area (TPSA) is 35.2 Å². The van der Waals surface area contributed by atoms with Crippen LogP contribution in [0.15, 0.2) is 12.1 Å². The van der Waals surface area contributed by atoms with E-state index in [1.807, 2.05) is 6.92 Å². The van der Waals surface area contributed by atoms with E-state index in [2.05, 4.69) is 0 Å². The van der Waals surface area contributed by atoms with Crippen molar-refractivity contribution in [1.29, 1.82) is 0 Å². The monoisotopic (exact) mass is 265 g/mol. The third kappa shape index (κ3) is 3.69. The highest BCUT2D eigenvalue weighted by Gasteiger charge is 2.17. The molecule has 0 bridgehead atoms. The number of halogens is 1. The largest absolute Gasteiger partial charge is 0.493 e. The summed E-state index contributed by atoms with van der Waals surface area (Å²) in [5, 5.41) is 0. The van der Waals surface area contributed by atoms with Gasteiger partial charge in [-0.2, -0.15) is 0 Å². The van der Waals surface area contributed by atoms with E-state index in [0.717, 1.165) is 17.9 Å². The molecule has 0 amide bonds. The van der Waals surface area contributed by atoms with Crippen LogP contribution in [0.1, 0.15) is 56.2 Å². The highest BCUT2D eigenvalue weighted by atomic mass is 19.1. The van der Waals surface area contributed by atoms with Crippen LogP contribution in [0.5, 0.6) is 5.75 Å². The molecule has 0 unspecified atom stereocenters. The first-order valence-electron chi connectivity index (χ1n) is 7.26. The van der Waals surface area contributed by atoms with Gasteiger partial charge in [0.1, 0.15) is 11.6 Å². The van der Waals surface area contributed by atoms with Crippen molar-refractivity contribution in [2.75, 3.05) is 6.61 Å². The maximum absolute atomic E-state index is 13.6. The molecule has 0 spiro atoms. The average molecular weight is 265 g/mol. The van der Waals surface area contributed by atoms with Gasteiger partial charge in [0.15, 0.2) is 0 Å². The lowest BCUT2D eigenvalue weighted by atomic mass is 9.90. The van der Waals surface area contributed by atoms with Gasteiger partial charge in [0.05, 0.1) is 6.61 Å². The first-order valence-corrected chi connectivity index (χ1v) is 7.26. The Morgan fingerprint density at radius 1 is 1.32 bits per heavy atom. The number of ether oxygens (including phenoxy) is 1. The molecule has 2 rings (SSSR count). The van der Waals surface area contributed by atoms with Crippen molar-refractivity contribution in [2.45, 2.75) is 52.0 Å². The molecule has 2 nitrogen and oxygen atoms in total. The van der Waals surface area contributed by atoms with Crippen LogP contribution in [-0.4, -0.2) is 6.61 Å². The minimum atomic E-state index is -0.212. The zero-order chi connectivity index (χ0) is 13.8. The standard InChI is InChI=1S/C16H24FNO/c1-11-8-16(14(12(2)18)9-15(11)17)19-10-13-6-4-3-5-7-13/h8-9,12-13H,3-7,10,18H2,1-2H3/t12-/m0/s1. The number of hydrogen-bond donors (Lipinski definition) is 1. The van der Waals surface area contributed by atoms with E-state index in [4.69, 9.17) is 10.5 Å². The van der Waals surface area contributed by atoms with Crippen molar-refractivity contribution in [1.82, 2.24) is 0 Å². The van der Waals surface area contributed by atoms with Crippen molar-refractivity contribution in [3.8, 4) is 5.75 Å².